The van der Waals surface area contributed by atoms with Gasteiger partial charge in [-0.1, -0.05) is 24.9 Å². The number of nitrogen functional groups attached to an aromatic ring is 1. The molecule has 1 aromatic heterocycles. The number of aromatic nitrogens is 1. The monoisotopic (exact) mass is 221 g/mol. The molecule has 0 bridgehead atoms. The first kappa shape index (κ1) is 12.5. The van der Waals surface area contributed by atoms with Crippen LogP contribution in [-0.2, 0) is 11.3 Å². The quantitative estimate of drug-likeness (QED) is 0.456. The Morgan fingerprint density at radius 1 is 1.50 bits per heavy atom. The van der Waals surface area contributed by atoms with Gasteiger partial charge in [-0.2, -0.15) is 0 Å². The summed E-state index contributed by atoms with van der Waals surface area (Å²) in [4.78, 5) is 8.92. The normalized spacial score (nSPS) is 10.9. The van der Waals surface area contributed by atoms with Crippen molar-refractivity contribution in [3.8, 4) is 0 Å². The molecular formula is C12H19N3O. The maximum atomic E-state index is 6.00. The zero-order chi connectivity index (χ0) is 11.8. The van der Waals surface area contributed by atoms with E-state index in [1.165, 1.54) is 20.0 Å². The zero-order valence-electron chi connectivity index (χ0n) is 9.94. The van der Waals surface area contributed by atoms with Crippen molar-refractivity contribution in [1.29, 1.82) is 0 Å². The maximum Gasteiger partial charge on any atom is 0.106 e. The number of rotatable bonds is 6. The van der Waals surface area contributed by atoms with Crippen molar-refractivity contribution in [2.45, 2.75) is 32.6 Å². The minimum Gasteiger partial charge on any atom is -0.399 e. The van der Waals surface area contributed by atoms with Gasteiger partial charge in [0.2, 0.25) is 0 Å². The molecule has 4 heteroatoms. The van der Waals surface area contributed by atoms with Crippen LogP contribution in [-0.4, -0.2) is 18.3 Å². The summed E-state index contributed by atoms with van der Waals surface area (Å²) < 4.78 is 0. The molecule has 0 spiro atoms. The highest BCUT2D eigenvalue weighted by molar-refractivity contribution is 5.86. The van der Waals surface area contributed by atoms with Crippen LogP contribution in [0.1, 0.15) is 37.4 Å². The van der Waals surface area contributed by atoms with Crippen molar-refractivity contribution in [3.63, 3.8) is 0 Å². The molecule has 88 valence electrons. The highest BCUT2D eigenvalue weighted by Gasteiger charge is 2.04. The Labute approximate surface area is 96.5 Å². The summed E-state index contributed by atoms with van der Waals surface area (Å²) in [6.45, 7) is 2.18. The number of nitrogens with two attached hydrogens (primary N) is 1. The standard InChI is InChI=1S/C12H19N3O/c1-3-4-5-6-11-12(13)10(7-8-14-11)9-15-16-2/h7-9H,3-6,13H2,1-2H3/b15-9+. The molecule has 0 saturated carbocycles. The van der Waals surface area contributed by atoms with Crippen molar-refractivity contribution >= 4 is 11.9 Å². The summed E-state index contributed by atoms with van der Waals surface area (Å²) in [6.07, 6.45) is 7.82. The topological polar surface area (TPSA) is 60.5 Å². The fraction of sp³-hybridized carbons (Fsp3) is 0.500. The van der Waals surface area contributed by atoms with Gasteiger partial charge < -0.3 is 10.6 Å². The van der Waals surface area contributed by atoms with Crippen LogP contribution in [0.15, 0.2) is 17.4 Å². The van der Waals surface area contributed by atoms with E-state index in [1.54, 1.807) is 12.4 Å². The van der Waals surface area contributed by atoms with E-state index < -0.39 is 0 Å². The van der Waals surface area contributed by atoms with Gasteiger partial charge in [-0.05, 0) is 18.9 Å². The third-order valence-electron chi connectivity index (χ3n) is 2.42. The predicted octanol–water partition coefficient (Wildman–Crippen LogP) is 2.38. The van der Waals surface area contributed by atoms with Crippen molar-refractivity contribution in [1.82, 2.24) is 4.98 Å². The SMILES string of the molecule is CCCCCc1nccc(/C=N/OC)c1N. The predicted molar refractivity (Wildman–Crippen MR) is 66.5 cm³/mol. The van der Waals surface area contributed by atoms with E-state index >= 15 is 0 Å². The molecule has 0 radical (unpaired) electrons. The molecule has 0 unspecified atom stereocenters. The summed E-state index contributed by atoms with van der Waals surface area (Å²) in [5.41, 5.74) is 8.52. The summed E-state index contributed by atoms with van der Waals surface area (Å²) in [7, 11) is 1.51. The molecule has 16 heavy (non-hydrogen) atoms. The van der Waals surface area contributed by atoms with Gasteiger partial charge in [0.15, 0.2) is 0 Å². The number of anilines is 1. The van der Waals surface area contributed by atoms with Gasteiger partial charge in [0.25, 0.3) is 0 Å². The molecule has 0 aliphatic rings. The number of hydrogen-bond donors (Lipinski definition) is 1. The van der Waals surface area contributed by atoms with Crippen molar-refractivity contribution < 1.29 is 4.84 Å². The molecule has 0 fully saturated rings. The number of unbranched alkanes of at least 4 members (excludes halogenated alkanes) is 2. The number of oxime groups is 1. The molecule has 1 rings (SSSR count). The van der Waals surface area contributed by atoms with Crippen LogP contribution in [0.3, 0.4) is 0 Å². The average molecular weight is 221 g/mol. The third kappa shape index (κ3) is 3.53. The van der Waals surface area contributed by atoms with Gasteiger partial charge in [-0.25, -0.2) is 0 Å². The first-order valence-electron chi connectivity index (χ1n) is 5.59. The summed E-state index contributed by atoms with van der Waals surface area (Å²) >= 11 is 0. The molecule has 0 aliphatic carbocycles. The van der Waals surface area contributed by atoms with Gasteiger partial charge in [0.1, 0.15) is 7.11 Å². The van der Waals surface area contributed by atoms with E-state index in [0.29, 0.717) is 5.69 Å². The van der Waals surface area contributed by atoms with E-state index in [0.717, 1.165) is 24.1 Å². The minimum absolute atomic E-state index is 0.708. The fourth-order valence-corrected chi connectivity index (χ4v) is 1.50. The zero-order valence-corrected chi connectivity index (χ0v) is 9.94. The van der Waals surface area contributed by atoms with Gasteiger partial charge in [-0.3, -0.25) is 4.98 Å². The highest BCUT2D eigenvalue weighted by Crippen LogP contribution is 2.16. The van der Waals surface area contributed by atoms with Crippen LogP contribution in [0.4, 0.5) is 5.69 Å². The summed E-state index contributed by atoms with van der Waals surface area (Å²) in [5, 5.41) is 3.71. The van der Waals surface area contributed by atoms with E-state index in [4.69, 9.17) is 5.73 Å². The minimum atomic E-state index is 0.708. The smallest absolute Gasteiger partial charge is 0.106 e. The van der Waals surface area contributed by atoms with Crippen molar-refractivity contribution in [3.05, 3.63) is 23.5 Å². The Morgan fingerprint density at radius 2 is 2.31 bits per heavy atom. The third-order valence-corrected chi connectivity index (χ3v) is 2.42. The van der Waals surface area contributed by atoms with E-state index in [-0.39, 0.29) is 0 Å². The lowest BCUT2D eigenvalue weighted by atomic mass is 10.1. The summed E-state index contributed by atoms with van der Waals surface area (Å²) in [5.74, 6) is 0. The Morgan fingerprint density at radius 3 is 3.00 bits per heavy atom. The molecule has 0 atom stereocenters. The largest absolute Gasteiger partial charge is 0.399 e. The molecule has 0 amide bonds. The lowest BCUT2D eigenvalue weighted by Gasteiger charge is -2.06. The molecule has 1 heterocycles. The molecule has 0 saturated heterocycles. The Kier molecular flexibility index (Phi) is 5.32. The second-order valence-electron chi connectivity index (χ2n) is 3.63. The van der Waals surface area contributed by atoms with Crippen LogP contribution >= 0.6 is 0 Å². The van der Waals surface area contributed by atoms with Crippen LogP contribution in [0, 0.1) is 0 Å². The van der Waals surface area contributed by atoms with Gasteiger partial charge in [0.05, 0.1) is 17.6 Å². The number of pyridine rings is 1. The number of aryl methyl sites for hydroxylation is 1. The van der Waals surface area contributed by atoms with E-state index in [2.05, 4.69) is 21.9 Å². The van der Waals surface area contributed by atoms with Crippen LogP contribution in [0.5, 0.6) is 0 Å². The molecule has 4 nitrogen and oxygen atoms in total. The first-order valence-corrected chi connectivity index (χ1v) is 5.59. The lowest BCUT2D eigenvalue weighted by Crippen LogP contribution is -2.02. The average Bonchev–Trinajstić information content (AvgIpc) is 2.30. The van der Waals surface area contributed by atoms with Gasteiger partial charge >= 0.3 is 0 Å². The Hall–Kier alpha value is -1.58. The number of nitrogens with zero attached hydrogens (tertiary/aromatic N) is 2. The highest BCUT2D eigenvalue weighted by atomic mass is 16.6. The van der Waals surface area contributed by atoms with Crippen molar-refractivity contribution in [2.75, 3.05) is 12.8 Å². The molecule has 2 N–H and O–H groups in total. The summed E-state index contributed by atoms with van der Waals surface area (Å²) in [6, 6.07) is 1.83. The second-order valence-corrected chi connectivity index (χ2v) is 3.63. The fourth-order valence-electron chi connectivity index (χ4n) is 1.50. The molecule has 0 aromatic carbocycles. The van der Waals surface area contributed by atoms with Gasteiger partial charge in [-0.15, -0.1) is 0 Å². The van der Waals surface area contributed by atoms with E-state index in [9.17, 15) is 0 Å². The molecule has 0 aliphatic heterocycles. The molecular weight excluding hydrogens is 202 g/mol. The van der Waals surface area contributed by atoms with Crippen LogP contribution in [0.2, 0.25) is 0 Å². The van der Waals surface area contributed by atoms with Gasteiger partial charge in [0, 0.05) is 11.8 Å². The first-order chi connectivity index (χ1) is 7.79. The molecule has 1 aromatic rings. The van der Waals surface area contributed by atoms with Crippen LogP contribution in [0.25, 0.3) is 0 Å². The number of hydrogen-bond acceptors (Lipinski definition) is 4. The maximum absolute atomic E-state index is 6.00. The Balaban J connectivity index is 2.74. The van der Waals surface area contributed by atoms with E-state index in [1.807, 2.05) is 6.07 Å². The Bertz CT molecular complexity index is 350. The lowest BCUT2D eigenvalue weighted by molar-refractivity contribution is 0.215. The van der Waals surface area contributed by atoms with Crippen LogP contribution < -0.4 is 5.73 Å². The van der Waals surface area contributed by atoms with Crippen molar-refractivity contribution in [2.24, 2.45) is 5.16 Å². The second kappa shape index (κ2) is 6.82.